The van der Waals surface area contributed by atoms with Crippen LogP contribution in [0.2, 0.25) is 0 Å². The summed E-state index contributed by atoms with van der Waals surface area (Å²) in [5, 5.41) is 3.66. The molecular formula is C83H52F3N7. The molecule has 10 aromatic carbocycles. The van der Waals surface area contributed by atoms with Gasteiger partial charge in [-0.25, -0.2) is 4.85 Å². The Labute approximate surface area is 534 Å². The van der Waals surface area contributed by atoms with Gasteiger partial charge in [0.05, 0.1) is 68.4 Å². The number of hydrogen-bond donors (Lipinski definition) is 0. The zero-order chi connectivity index (χ0) is 62.7. The van der Waals surface area contributed by atoms with E-state index in [4.69, 9.17) is 26.5 Å². The molecule has 6 aromatic heterocycles. The quantitative estimate of drug-likeness (QED) is 0.121. The third-order valence-electron chi connectivity index (χ3n) is 17.7. The lowest BCUT2D eigenvalue weighted by atomic mass is 9.92. The van der Waals surface area contributed by atoms with Crippen molar-refractivity contribution in [2.24, 2.45) is 0 Å². The molecule has 440 valence electrons. The van der Waals surface area contributed by atoms with Crippen LogP contribution in [0.5, 0.6) is 0 Å². The molecule has 0 fully saturated rings. The topological polar surface area (TPSA) is 65.8 Å². The van der Waals surface area contributed by atoms with Gasteiger partial charge in [0.15, 0.2) is 5.69 Å². The van der Waals surface area contributed by atoms with Gasteiger partial charge in [-0.2, -0.15) is 13.2 Å². The van der Waals surface area contributed by atoms with Crippen molar-refractivity contribution < 1.29 is 13.2 Å². The van der Waals surface area contributed by atoms with E-state index in [0.29, 0.717) is 16.9 Å². The third kappa shape index (κ3) is 10.1. The fourth-order valence-electron chi connectivity index (χ4n) is 13.3. The molecule has 93 heavy (non-hydrogen) atoms. The van der Waals surface area contributed by atoms with E-state index in [1.165, 1.54) is 6.07 Å². The summed E-state index contributed by atoms with van der Waals surface area (Å²) in [7, 11) is 0. The number of alkyl halides is 3. The normalized spacial score (nSPS) is 11.6. The van der Waals surface area contributed by atoms with Gasteiger partial charge in [-0.3, -0.25) is 19.9 Å². The minimum atomic E-state index is -4.74. The first-order valence-corrected chi connectivity index (χ1v) is 30.6. The fourth-order valence-corrected chi connectivity index (χ4v) is 13.3. The molecule has 7 nitrogen and oxygen atoms in total. The summed E-state index contributed by atoms with van der Waals surface area (Å²) in [6.07, 6.45) is 2.60. The number of aromatic nitrogens is 6. The van der Waals surface area contributed by atoms with Crippen molar-refractivity contribution in [1.82, 2.24) is 29.1 Å². The molecule has 0 saturated carbocycles. The van der Waals surface area contributed by atoms with E-state index < -0.39 is 11.7 Å². The van der Waals surface area contributed by atoms with Crippen LogP contribution in [0.25, 0.3) is 160 Å². The Kier molecular flexibility index (Phi) is 13.8. The molecule has 0 radical (unpaired) electrons. The molecule has 0 bridgehead atoms. The van der Waals surface area contributed by atoms with Gasteiger partial charge in [0.2, 0.25) is 0 Å². The third-order valence-corrected chi connectivity index (χ3v) is 17.7. The van der Waals surface area contributed by atoms with E-state index in [0.717, 1.165) is 139 Å². The second-order valence-electron chi connectivity index (χ2n) is 23.2. The Morgan fingerprint density at radius 2 is 0.634 bits per heavy atom. The highest BCUT2D eigenvalue weighted by atomic mass is 19.4. The minimum absolute atomic E-state index is 0.0519. The number of benzene rings is 10. The lowest BCUT2D eigenvalue weighted by Gasteiger charge is -2.22. The van der Waals surface area contributed by atoms with Crippen molar-refractivity contribution in [2.45, 2.75) is 13.1 Å². The summed E-state index contributed by atoms with van der Waals surface area (Å²) in [5.41, 5.74) is 19.1. The minimum Gasteiger partial charge on any atom is -0.308 e. The maximum Gasteiger partial charge on any atom is 0.416 e. The molecule has 0 aliphatic carbocycles. The first kappa shape index (κ1) is 56.0. The summed E-state index contributed by atoms with van der Waals surface area (Å²) in [4.78, 5) is 23.3. The smallest absolute Gasteiger partial charge is 0.308 e. The van der Waals surface area contributed by atoms with Crippen molar-refractivity contribution in [2.75, 3.05) is 0 Å². The van der Waals surface area contributed by atoms with E-state index >= 15 is 13.2 Å². The summed E-state index contributed by atoms with van der Waals surface area (Å²) >= 11 is 0. The number of fused-ring (bicyclic) bond motifs is 6. The molecule has 0 unspecified atom stereocenters. The van der Waals surface area contributed by atoms with Crippen LogP contribution in [-0.4, -0.2) is 29.1 Å². The van der Waals surface area contributed by atoms with Gasteiger partial charge in [0, 0.05) is 68.6 Å². The maximum absolute atomic E-state index is 15.6. The zero-order valence-electron chi connectivity index (χ0n) is 50.1. The Hall–Kier alpha value is -12.3. The largest absolute Gasteiger partial charge is 0.416 e. The van der Waals surface area contributed by atoms with Gasteiger partial charge in [0.25, 0.3) is 0 Å². The van der Waals surface area contributed by atoms with Gasteiger partial charge in [-0.15, -0.1) is 0 Å². The number of aryl methyl sites for hydroxylation is 1. The second-order valence-corrected chi connectivity index (χ2v) is 23.2. The van der Waals surface area contributed by atoms with Crippen molar-refractivity contribution in [3.8, 4) is 112 Å². The van der Waals surface area contributed by atoms with Crippen LogP contribution in [0, 0.1) is 13.5 Å². The molecule has 16 rings (SSSR count). The Morgan fingerprint density at radius 1 is 0.323 bits per heavy atom. The van der Waals surface area contributed by atoms with Gasteiger partial charge in [0.1, 0.15) is 0 Å². The van der Waals surface area contributed by atoms with Gasteiger partial charge < -0.3 is 9.13 Å². The molecule has 0 N–H and O–H groups in total. The average molecular weight is 1200 g/mol. The van der Waals surface area contributed by atoms with Crippen molar-refractivity contribution in [3.05, 3.63) is 320 Å². The van der Waals surface area contributed by atoms with Crippen molar-refractivity contribution >= 4 is 49.3 Å². The Balaban J connectivity index is 0.989. The van der Waals surface area contributed by atoms with E-state index in [2.05, 4.69) is 135 Å². The number of rotatable bonds is 11. The predicted molar refractivity (Wildman–Crippen MR) is 371 cm³/mol. The highest BCUT2D eigenvalue weighted by molar-refractivity contribution is 6.15. The van der Waals surface area contributed by atoms with Crippen LogP contribution in [0.3, 0.4) is 0 Å². The van der Waals surface area contributed by atoms with Crippen LogP contribution >= 0.6 is 0 Å². The van der Waals surface area contributed by atoms with Crippen LogP contribution in [0.1, 0.15) is 11.1 Å². The van der Waals surface area contributed by atoms with Crippen LogP contribution in [0.4, 0.5) is 18.9 Å². The second kappa shape index (κ2) is 22.9. The number of nitrogens with zero attached hydrogens (tertiary/aromatic N) is 7. The summed E-state index contributed by atoms with van der Waals surface area (Å²) in [5.74, 6) is 0. The summed E-state index contributed by atoms with van der Waals surface area (Å²) in [6.45, 7) is 10.6. The molecular weight excluding hydrogens is 1150 g/mol. The molecule has 0 aliphatic rings. The highest BCUT2D eigenvalue weighted by Gasteiger charge is 2.35. The highest BCUT2D eigenvalue weighted by Crippen LogP contribution is 2.49. The van der Waals surface area contributed by atoms with Crippen molar-refractivity contribution in [1.29, 1.82) is 0 Å². The van der Waals surface area contributed by atoms with Gasteiger partial charge in [-0.05, 0) is 183 Å². The van der Waals surface area contributed by atoms with E-state index in [1.807, 2.05) is 152 Å². The van der Waals surface area contributed by atoms with Crippen LogP contribution in [0.15, 0.2) is 298 Å². The Bertz CT molecular complexity index is 5350. The number of hydrogen-bond acceptors (Lipinski definition) is 4. The van der Waals surface area contributed by atoms with Gasteiger partial charge >= 0.3 is 6.18 Å². The monoisotopic (exact) mass is 1200 g/mol. The van der Waals surface area contributed by atoms with E-state index in [9.17, 15) is 0 Å². The lowest BCUT2D eigenvalue weighted by Crippen LogP contribution is -2.09. The van der Waals surface area contributed by atoms with Crippen molar-refractivity contribution in [3.63, 3.8) is 0 Å². The standard InChI is InChI=1S/C83H52F3N7/c1-52-16-15-25-70(83(84,85)86)82(52)69-50-80(92-76-30-26-57(61-34-38-88-71(46-61)53-17-7-3-8-18-53)42-65(76)66-43-58(27-31-77(66)92)62-35-39-89-72(47-62)54-19-9-4-10-20-54)81(51-75(69)87-2)93-78-32-28-59(63-36-40-90-73(48-63)55-21-11-5-12-22-55)44-67(78)68-45-60(29-33-79(68)93)64-37-41-91-74(49-64)56-23-13-6-14-24-56/h3-51H,1H3. The molecule has 10 heteroatoms. The predicted octanol–water partition coefficient (Wildman–Crippen LogP) is 22.3. The van der Waals surface area contributed by atoms with Gasteiger partial charge in [-0.1, -0.05) is 158 Å². The number of halogens is 3. The SMILES string of the molecule is [C-]#[N+]c1cc(-n2c3ccc(-c4ccnc(-c5ccccc5)c4)cc3c3cc(-c4ccnc(-c5ccccc5)c4)ccc32)c(-n2c3ccc(-c4ccnc(-c5ccccc5)c4)cc3c3cc(-c4ccnc(-c5ccccc5)c4)ccc32)cc1-c1c(C)cccc1C(F)(F)F. The zero-order valence-corrected chi connectivity index (χ0v) is 50.1. The van der Waals surface area contributed by atoms with E-state index in [1.54, 1.807) is 19.1 Å². The number of pyridine rings is 4. The molecule has 0 atom stereocenters. The lowest BCUT2D eigenvalue weighted by molar-refractivity contribution is -0.137. The Morgan fingerprint density at radius 3 is 0.946 bits per heavy atom. The first-order valence-electron chi connectivity index (χ1n) is 30.6. The summed E-state index contributed by atoms with van der Waals surface area (Å²) < 4.78 is 51.2. The van der Waals surface area contributed by atoms with E-state index in [-0.39, 0.29) is 16.8 Å². The summed E-state index contributed by atoms with van der Waals surface area (Å²) in [6, 6.07) is 90.4. The molecule has 0 aliphatic heterocycles. The average Bonchev–Trinajstić information content (AvgIpc) is 1.58. The maximum atomic E-state index is 15.6. The molecule has 0 spiro atoms. The molecule has 6 heterocycles. The first-order chi connectivity index (χ1) is 45.6. The van der Waals surface area contributed by atoms with Crippen LogP contribution < -0.4 is 0 Å². The molecule has 0 amide bonds. The fraction of sp³-hybridized carbons (Fsp3) is 0.0241. The molecule has 0 saturated heterocycles. The van der Waals surface area contributed by atoms with Crippen LogP contribution in [-0.2, 0) is 6.18 Å². The molecule has 16 aromatic rings.